The average molecular weight is 438 g/mol. The highest BCUT2D eigenvalue weighted by atomic mass is 35.5. The molecule has 0 bridgehead atoms. The lowest BCUT2D eigenvalue weighted by atomic mass is 10.3. The Morgan fingerprint density at radius 3 is 2.75 bits per heavy atom. The Morgan fingerprint density at radius 2 is 2.11 bits per heavy atom. The van der Waals surface area contributed by atoms with E-state index in [2.05, 4.69) is 20.5 Å². The van der Waals surface area contributed by atoms with E-state index in [4.69, 9.17) is 16.3 Å². The normalized spacial score (nSPS) is 12.0. The summed E-state index contributed by atoms with van der Waals surface area (Å²) in [4.78, 5) is 16.7. The highest BCUT2D eigenvalue weighted by Crippen LogP contribution is 2.25. The van der Waals surface area contributed by atoms with Crippen LogP contribution < -0.4 is 10.1 Å². The van der Waals surface area contributed by atoms with Crippen molar-refractivity contribution in [2.24, 2.45) is 0 Å². The summed E-state index contributed by atoms with van der Waals surface area (Å²) in [6, 6.07) is 7.15. The van der Waals surface area contributed by atoms with Gasteiger partial charge in [-0.1, -0.05) is 23.4 Å². The van der Waals surface area contributed by atoms with Crippen LogP contribution >= 0.6 is 34.7 Å². The number of thioether (sulfide) groups is 1. The summed E-state index contributed by atoms with van der Waals surface area (Å²) in [7, 11) is 0. The fourth-order valence-corrected chi connectivity index (χ4v) is 4.09. The molecule has 0 saturated carbocycles. The van der Waals surface area contributed by atoms with Crippen LogP contribution in [-0.4, -0.2) is 30.9 Å². The van der Waals surface area contributed by atoms with Gasteiger partial charge in [0.05, 0.1) is 10.9 Å². The van der Waals surface area contributed by atoms with Crippen LogP contribution in [0.1, 0.15) is 25.4 Å². The molecule has 0 aliphatic rings. The van der Waals surface area contributed by atoms with E-state index in [1.165, 1.54) is 23.1 Å². The van der Waals surface area contributed by atoms with Crippen molar-refractivity contribution in [3.05, 3.63) is 46.2 Å². The Balaban J connectivity index is 1.62. The third-order valence-corrected chi connectivity index (χ3v) is 6.00. The maximum Gasteiger partial charge on any atom is 0.239 e. The van der Waals surface area contributed by atoms with Gasteiger partial charge in [0.2, 0.25) is 5.91 Å². The molecule has 148 valence electrons. The van der Waals surface area contributed by atoms with Gasteiger partial charge in [-0.3, -0.25) is 4.79 Å². The van der Waals surface area contributed by atoms with Gasteiger partial charge in [0.1, 0.15) is 12.4 Å². The molecule has 10 heteroatoms. The number of nitrogens with zero attached hydrogens (tertiary/aromatic N) is 4. The fraction of sp³-hybridized carbons (Fsp3) is 0.333. The first-order valence-electron chi connectivity index (χ1n) is 8.66. The maximum atomic E-state index is 12.4. The second kappa shape index (κ2) is 9.40. The highest BCUT2D eigenvalue weighted by Gasteiger charge is 2.20. The van der Waals surface area contributed by atoms with Crippen molar-refractivity contribution in [2.45, 2.75) is 44.3 Å². The Morgan fingerprint density at radius 1 is 1.36 bits per heavy atom. The molecule has 1 aromatic carbocycles. The lowest BCUT2D eigenvalue weighted by Crippen LogP contribution is -2.23. The minimum Gasteiger partial charge on any atom is -0.486 e. The van der Waals surface area contributed by atoms with Crippen LogP contribution in [0.3, 0.4) is 0 Å². The predicted molar refractivity (Wildman–Crippen MR) is 112 cm³/mol. The molecule has 2 aromatic heterocycles. The lowest BCUT2D eigenvalue weighted by Gasteiger charge is -2.12. The van der Waals surface area contributed by atoms with E-state index >= 15 is 0 Å². The molecule has 1 atom stereocenters. The van der Waals surface area contributed by atoms with E-state index in [1.807, 2.05) is 30.7 Å². The van der Waals surface area contributed by atoms with Crippen molar-refractivity contribution in [1.29, 1.82) is 0 Å². The standard InChI is InChI=1S/C18H20ClN5O2S2/c1-4-24-15(9-26-14-7-5-13(19)6-8-14)22-23-18(24)28-12(3)16(25)21-17-20-11(2)10-27-17/h5-8,10,12H,4,9H2,1-3H3,(H,20,21,25)/t12-/m1/s1. The molecule has 0 aliphatic heterocycles. The van der Waals surface area contributed by atoms with Crippen LogP contribution in [-0.2, 0) is 17.9 Å². The lowest BCUT2D eigenvalue weighted by molar-refractivity contribution is -0.115. The minimum absolute atomic E-state index is 0.121. The van der Waals surface area contributed by atoms with Gasteiger partial charge in [-0.25, -0.2) is 4.98 Å². The van der Waals surface area contributed by atoms with Crippen LogP contribution in [0.4, 0.5) is 5.13 Å². The predicted octanol–water partition coefficient (Wildman–Crippen LogP) is 4.41. The number of ether oxygens (including phenoxy) is 1. The van der Waals surface area contributed by atoms with Crippen molar-refractivity contribution < 1.29 is 9.53 Å². The van der Waals surface area contributed by atoms with Gasteiger partial charge in [-0.05, 0) is 45.0 Å². The number of aromatic nitrogens is 4. The van der Waals surface area contributed by atoms with Crippen LogP contribution in [0.5, 0.6) is 5.75 Å². The molecule has 0 fully saturated rings. The molecule has 0 aliphatic carbocycles. The van der Waals surface area contributed by atoms with Gasteiger partial charge in [0.25, 0.3) is 0 Å². The van der Waals surface area contributed by atoms with Gasteiger partial charge in [-0.15, -0.1) is 21.5 Å². The zero-order valence-corrected chi connectivity index (χ0v) is 18.1. The number of benzene rings is 1. The van der Waals surface area contributed by atoms with Crippen molar-refractivity contribution in [3.63, 3.8) is 0 Å². The number of aryl methyl sites for hydroxylation is 1. The number of carbonyl (C=O) groups is 1. The molecule has 3 rings (SSSR count). The largest absolute Gasteiger partial charge is 0.486 e. The van der Waals surface area contributed by atoms with E-state index < -0.39 is 0 Å². The molecule has 2 heterocycles. The Bertz CT molecular complexity index is 942. The molecule has 28 heavy (non-hydrogen) atoms. The quantitative estimate of drug-likeness (QED) is 0.525. The third-order valence-electron chi connectivity index (χ3n) is 3.79. The zero-order valence-electron chi connectivity index (χ0n) is 15.7. The number of hydrogen-bond donors (Lipinski definition) is 1. The molecule has 1 N–H and O–H groups in total. The summed E-state index contributed by atoms with van der Waals surface area (Å²) in [5, 5.41) is 14.8. The molecule has 0 radical (unpaired) electrons. The second-order valence-corrected chi connectivity index (χ2v) is 8.53. The van der Waals surface area contributed by atoms with Crippen LogP contribution in [0.15, 0.2) is 34.8 Å². The van der Waals surface area contributed by atoms with E-state index in [0.29, 0.717) is 33.4 Å². The first-order chi connectivity index (χ1) is 13.5. The van der Waals surface area contributed by atoms with E-state index in [9.17, 15) is 4.79 Å². The summed E-state index contributed by atoms with van der Waals surface area (Å²) in [6.07, 6.45) is 0. The number of nitrogens with one attached hydrogen (secondary N) is 1. The molecule has 0 spiro atoms. The first kappa shape index (κ1) is 20.6. The molecular formula is C18H20ClN5O2S2. The van der Waals surface area contributed by atoms with Gasteiger partial charge >= 0.3 is 0 Å². The highest BCUT2D eigenvalue weighted by molar-refractivity contribution is 8.00. The van der Waals surface area contributed by atoms with Crippen molar-refractivity contribution in [1.82, 2.24) is 19.7 Å². The molecular weight excluding hydrogens is 418 g/mol. The SMILES string of the molecule is CCn1c(COc2ccc(Cl)cc2)nnc1S[C@H](C)C(=O)Nc1nc(C)cs1. The summed E-state index contributed by atoms with van der Waals surface area (Å²) < 4.78 is 7.70. The van der Waals surface area contributed by atoms with Crippen LogP contribution in [0, 0.1) is 6.92 Å². The topological polar surface area (TPSA) is 81.9 Å². The molecule has 0 saturated heterocycles. The number of carbonyl (C=O) groups excluding carboxylic acids is 1. The second-order valence-electron chi connectivity index (χ2n) is 5.93. The zero-order chi connectivity index (χ0) is 20.1. The van der Waals surface area contributed by atoms with Crippen LogP contribution in [0.25, 0.3) is 0 Å². The fourth-order valence-electron chi connectivity index (χ4n) is 2.34. The smallest absolute Gasteiger partial charge is 0.239 e. The van der Waals surface area contributed by atoms with Gasteiger partial charge in [0, 0.05) is 16.9 Å². The van der Waals surface area contributed by atoms with E-state index in [1.54, 1.807) is 24.3 Å². The third kappa shape index (κ3) is 5.24. The first-order valence-corrected chi connectivity index (χ1v) is 10.8. The molecule has 0 unspecified atom stereocenters. The Hall–Kier alpha value is -2.10. The number of halogens is 1. The number of hydrogen-bond acceptors (Lipinski definition) is 7. The number of rotatable bonds is 8. The van der Waals surface area contributed by atoms with Crippen molar-refractivity contribution in [3.8, 4) is 5.75 Å². The number of anilines is 1. The Kier molecular flexibility index (Phi) is 6.93. The molecule has 3 aromatic rings. The summed E-state index contributed by atoms with van der Waals surface area (Å²) >= 11 is 8.65. The number of thiazole rings is 1. The van der Waals surface area contributed by atoms with Crippen molar-refractivity contribution in [2.75, 3.05) is 5.32 Å². The van der Waals surface area contributed by atoms with Gasteiger partial charge in [0.15, 0.2) is 16.1 Å². The average Bonchev–Trinajstić information content (AvgIpc) is 3.26. The van der Waals surface area contributed by atoms with Gasteiger partial charge in [-0.2, -0.15) is 0 Å². The summed E-state index contributed by atoms with van der Waals surface area (Å²) in [6.45, 7) is 6.68. The monoisotopic (exact) mass is 437 g/mol. The Labute approximate surface area is 176 Å². The van der Waals surface area contributed by atoms with E-state index in [0.717, 1.165) is 5.69 Å². The number of amides is 1. The summed E-state index contributed by atoms with van der Waals surface area (Å²) in [5.41, 5.74) is 0.886. The molecule has 1 amide bonds. The summed E-state index contributed by atoms with van der Waals surface area (Å²) in [5.74, 6) is 1.28. The molecule has 7 nitrogen and oxygen atoms in total. The minimum atomic E-state index is -0.344. The van der Waals surface area contributed by atoms with Crippen molar-refractivity contribution >= 4 is 45.7 Å². The van der Waals surface area contributed by atoms with Gasteiger partial charge < -0.3 is 14.6 Å². The maximum absolute atomic E-state index is 12.4. The van der Waals surface area contributed by atoms with Crippen LogP contribution in [0.2, 0.25) is 5.02 Å². The van der Waals surface area contributed by atoms with E-state index in [-0.39, 0.29) is 17.8 Å².